The van der Waals surface area contributed by atoms with Crippen molar-refractivity contribution < 1.29 is 107 Å². The number of rotatable bonds is 23. The Morgan fingerprint density at radius 2 is 1.60 bits per heavy atom. The van der Waals surface area contributed by atoms with Crippen molar-refractivity contribution in [2.75, 3.05) is 36.9 Å². The fraction of sp³-hybridized carbons (Fsp3) is 0.338. The first-order valence-electron chi connectivity index (χ1n) is 32.1. The first kappa shape index (κ1) is 70.9. The van der Waals surface area contributed by atoms with Gasteiger partial charge >= 0.3 is 35.8 Å². The van der Waals surface area contributed by atoms with E-state index in [9.17, 15) is 88.7 Å². The number of hydrogen-bond acceptors (Lipinski definition) is 24. The maximum Gasteiger partial charge on any atom is 0.412 e. The number of hydrogen-bond donors (Lipinski definition) is 8. The predicted octanol–water partition coefficient (Wildman–Crippen LogP) is 2.79. The molecule has 3 unspecified atom stereocenters. The molecule has 1 saturated heterocycles. The fourth-order valence-corrected chi connectivity index (χ4v) is 13.0. The molecule has 12 rings (SSSR count). The molecular formula is C68H64FN11O23. The molecule has 103 heavy (non-hydrogen) atoms. The monoisotopic (exact) mass is 1420 g/mol. The Kier molecular flexibility index (Phi) is 19.7. The number of carbonyl (C=O) groups excluding carboxylic acids is 7. The van der Waals surface area contributed by atoms with E-state index in [0.717, 1.165) is 39.0 Å². The van der Waals surface area contributed by atoms with Crippen molar-refractivity contribution in [3.05, 3.63) is 179 Å². The first-order chi connectivity index (χ1) is 49.1. The Hall–Kier alpha value is -11.9. The molecule has 4 aromatic carbocycles. The molecule has 34 nitrogen and oxygen atoms in total. The first-order valence-corrected chi connectivity index (χ1v) is 32.1. The minimum atomic E-state index is -2.13. The Morgan fingerprint density at radius 3 is 2.29 bits per heavy atom. The van der Waals surface area contributed by atoms with Crippen LogP contribution in [0.1, 0.15) is 87.7 Å². The fourth-order valence-electron chi connectivity index (χ4n) is 13.0. The van der Waals surface area contributed by atoms with Crippen LogP contribution in [0.4, 0.5) is 31.0 Å². The van der Waals surface area contributed by atoms with Crippen LogP contribution in [-0.2, 0) is 104 Å². The number of pyridine rings is 2. The zero-order valence-corrected chi connectivity index (χ0v) is 54.8. The van der Waals surface area contributed by atoms with E-state index in [-0.39, 0.29) is 97.1 Å². The average Bonchev–Trinajstić information content (AvgIpc) is 1.59. The van der Waals surface area contributed by atoms with E-state index in [1.165, 1.54) is 89.2 Å². The van der Waals surface area contributed by atoms with Gasteiger partial charge in [0.2, 0.25) is 18.1 Å². The van der Waals surface area contributed by atoms with Crippen LogP contribution in [0, 0.1) is 22.9 Å². The van der Waals surface area contributed by atoms with Crippen LogP contribution in [0.3, 0.4) is 0 Å². The van der Waals surface area contributed by atoms with Gasteiger partial charge in [0.25, 0.3) is 17.4 Å². The number of aliphatic hydroxyl groups excluding tert-OH is 3. The number of nitro benzene ring substituents is 1. The molecule has 35 heteroatoms. The van der Waals surface area contributed by atoms with Gasteiger partial charge in [0.1, 0.15) is 50.0 Å². The minimum absolute atomic E-state index is 0.00421. The Balaban J connectivity index is 0.747. The van der Waals surface area contributed by atoms with Crippen LogP contribution in [0.25, 0.3) is 22.3 Å². The van der Waals surface area contributed by atoms with E-state index in [1.54, 1.807) is 13.8 Å². The number of carboxylic acid groups (broad SMARTS) is 2. The van der Waals surface area contributed by atoms with E-state index >= 15 is 4.39 Å². The lowest BCUT2D eigenvalue weighted by molar-refractivity contribution is -0.387. The van der Waals surface area contributed by atoms with Crippen molar-refractivity contribution in [2.45, 2.75) is 121 Å². The molecule has 8 atom stereocenters. The molecule has 4 aliphatic heterocycles. The SMILES string of the molecule is CC[C@]1(O)C(=O)OCc2c1cc1n(c2=O)Cc2c-1nc1cc(F)c(C)c3c1c2[C@H](NC(=O)OCc1ccc(NC(=O)OC(Cc2cn(CCN(CC(=O)N(C)CC(=O)O)C(=O)Cc4ccc(N5C(=O)C=CC5=O)cc4)nn2)c2ccc(O[C@@H]4OC(C(=O)O)[C@@H](O)[C@H](O)C4O)c([N+](=O)[O-])c2)cc1)CC3. The summed E-state index contributed by atoms with van der Waals surface area (Å²) in [4.78, 5) is 149. The minimum Gasteiger partial charge on any atom is -0.480 e. The van der Waals surface area contributed by atoms with Gasteiger partial charge in [-0.3, -0.25) is 48.9 Å². The maximum atomic E-state index is 15.6. The number of aliphatic hydroxyl groups is 4. The molecule has 7 heterocycles. The molecule has 7 aromatic rings. The number of nitrogens with one attached hydrogen (secondary N) is 2. The van der Waals surface area contributed by atoms with Gasteiger partial charge in [0.15, 0.2) is 17.5 Å². The zero-order chi connectivity index (χ0) is 73.6. The average molecular weight is 1420 g/mol. The molecule has 0 radical (unpaired) electrons. The number of nitrogens with zero attached hydrogens (tertiary/aromatic N) is 9. The van der Waals surface area contributed by atoms with Crippen molar-refractivity contribution in [2.24, 2.45) is 0 Å². The number of halogens is 1. The molecule has 0 spiro atoms. The molecule has 0 bridgehead atoms. The van der Waals surface area contributed by atoms with Gasteiger partial charge in [0, 0.05) is 72.7 Å². The quantitative estimate of drug-likeness (QED) is 0.0150. The number of nitro groups is 1. The van der Waals surface area contributed by atoms with Crippen LogP contribution < -0.4 is 25.8 Å². The lowest BCUT2D eigenvalue weighted by atomic mass is 9.81. The van der Waals surface area contributed by atoms with E-state index in [1.807, 2.05) is 0 Å². The third kappa shape index (κ3) is 14.2. The van der Waals surface area contributed by atoms with Crippen LogP contribution in [-0.4, -0.2) is 181 Å². The van der Waals surface area contributed by atoms with Gasteiger partial charge in [-0.1, -0.05) is 42.5 Å². The molecule has 6 amide bonds. The number of likely N-dealkylation sites (N-methyl/N-ethyl adjacent to an activating group) is 1. The number of cyclic esters (lactones) is 1. The van der Waals surface area contributed by atoms with Gasteiger partial charge in [-0.05, 0) is 96.0 Å². The molecule has 1 aliphatic carbocycles. The number of aromatic nitrogens is 5. The highest BCUT2D eigenvalue weighted by Crippen LogP contribution is 2.46. The normalized spacial score (nSPS) is 20.3. The van der Waals surface area contributed by atoms with Gasteiger partial charge in [-0.2, -0.15) is 0 Å². The third-order valence-electron chi connectivity index (χ3n) is 18.5. The van der Waals surface area contributed by atoms with Crippen LogP contribution in [0.2, 0.25) is 0 Å². The van der Waals surface area contributed by atoms with E-state index < -0.39 is 143 Å². The van der Waals surface area contributed by atoms with Crippen molar-refractivity contribution in [3.63, 3.8) is 0 Å². The highest BCUT2D eigenvalue weighted by molar-refractivity contribution is 6.28. The molecular weight excluding hydrogens is 1360 g/mol. The lowest BCUT2D eigenvalue weighted by Gasteiger charge is -2.38. The number of esters is 1. The van der Waals surface area contributed by atoms with Crippen LogP contribution >= 0.6 is 0 Å². The Labute approximate surface area is 580 Å². The van der Waals surface area contributed by atoms with Gasteiger partial charge in [0.05, 0.1) is 70.9 Å². The largest absolute Gasteiger partial charge is 0.480 e. The molecule has 536 valence electrons. The number of alkyl carbamates (subject to hydrolysis) is 1. The second kappa shape index (κ2) is 28.6. The lowest BCUT2D eigenvalue weighted by Crippen LogP contribution is -2.61. The van der Waals surface area contributed by atoms with Crippen molar-refractivity contribution >= 4 is 81.7 Å². The smallest absolute Gasteiger partial charge is 0.412 e. The number of carbonyl (C=O) groups is 9. The molecule has 1 fully saturated rings. The highest BCUT2D eigenvalue weighted by Gasteiger charge is 2.49. The van der Waals surface area contributed by atoms with E-state index in [2.05, 4.69) is 20.9 Å². The molecule has 3 aromatic heterocycles. The number of imide groups is 1. The molecule has 0 saturated carbocycles. The van der Waals surface area contributed by atoms with Crippen LogP contribution in [0.5, 0.6) is 5.75 Å². The number of fused-ring (bicyclic) bond motifs is 5. The van der Waals surface area contributed by atoms with Crippen LogP contribution in [0.15, 0.2) is 102 Å². The van der Waals surface area contributed by atoms with Crippen molar-refractivity contribution in [3.8, 4) is 17.1 Å². The second-order valence-electron chi connectivity index (χ2n) is 25.0. The summed E-state index contributed by atoms with van der Waals surface area (Å²) in [5.41, 5.74) is 1.04. The third-order valence-corrected chi connectivity index (χ3v) is 18.5. The summed E-state index contributed by atoms with van der Waals surface area (Å²) in [5, 5.41) is 88.9. The standard InChI is InChI=1S/C68H64FN11O23/c1-4-68(96)42-24-47-57-40(27-78(47)62(90)41(42)31-99-65(68)93)56-44(15-14-39-32(2)43(69)25-45(71-57)55(39)56)72-66(94)100-30-34-5-10-36(11-6-34)70-67(95)102-49(35-9-16-48(46(22-35)80(97)98)101-64-60(89)58(87)59(88)61(103-64)63(91)92)23-37-26-77(74-73-37)20-19-76(28-53(84)75(3)29-54(85)86)52(83)21-33-7-12-38(13-8-33)79-50(81)17-18-51(79)82/h5-13,16-18,22,24-26,44,49,58-61,64,87-89,96H,4,14-15,19-21,23,27-31H2,1-3H3,(H,70,95)(H,72,94)(H,85,86)(H,91,92)/t44-,49?,58+,59+,60?,61?,64-,68-/m1/s1. The summed E-state index contributed by atoms with van der Waals surface area (Å²) in [6.45, 7) is 0.926. The van der Waals surface area contributed by atoms with E-state index in [4.69, 9.17) is 28.7 Å². The number of anilines is 2. The summed E-state index contributed by atoms with van der Waals surface area (Å²) in [6.07, 6.45) is -10.6. The van der Waals surface area contributed by atoms with E-state index in [0.29, 0.717) is 57.3 Å². The Morgan fingerprint density at radius 1 is 0.883 bits per heavy atom. The molecule has 5 aliphatic rings. The van der Waals surface area contributed by atoms with Gasteiger partial charge in [-0.15, -0.1) is 5.10 Å². The summed E-state index contributed by atoms with van der Waals surface area (Å²) in [6, 6.07) is 17.1. The topological polar surface area (TPSA) is 464 Å². The van der Waals surface area contributed by atoms with Crippen molar-refractivity contribution in [1.82, 2.24) is 39.7 Å². The number of amides is 6. The summed E-state index contributed by atoms with van der Waals surface area (Å²) in [5.74, 6) is -7.56. The molecule has 8 N–H and O–H groups in total. The number of ether oxygens (including phenoxy) is 5. The number of aliphatic carboxylic acids is 2. The zero-order valence-electron chi connectivity index (χ0n) is 54.8. The predicted molar refractivity (Wildman–Crippen MR) is 348 cm³/mol. The highest BCUT2D eigenvalue weighted by atomic mass is 19.1. The number of aryl methyl sites for hydroxylation is 1. The summed E-state index contributed by atoms with van der Waals surface area (Å²) in [7, 11) is 1.23. The summed E-state index contributed by atoms with van der Waals surface area (Å²) >= 11 is 0. The van der Waals surface area contributed by atoms with Gasteiger partial charge < -0.3 is 74.0 Å². The second-order valence-corrected chi connectivity index (χ2v) is 25.0. The summed E-state index contributed by atoms with van der Waals surface area (Å²) < 4.78 is 45.9. The van der Waals surface area contributed by atoms with Gasteiger partial charge in [-0.25, -0.2) is 33.5 Å². The van der Waals surface area contributed by atoms with Crippen molar-refractivity contribution in [1.29, 1.82) is 0 Å². The number of carboxylic acids is 2. The Bertz CT molecular complexity index is 4760. The maximum absolute atomic E-state index is 15.6. The number of benzene rings is 4.